The highest BCUT2D eigenvalue weighted by atomic mass is 35.5. The Morgan fingerprint density at radius 2 is 1.70 bits per heavy atom. The third-order valence-corrected chi connectivity index (χ3v) is 3.56. The molecule has 4 nitrogen and oxygen atoms in total. The van der Waals surface area contributed by atoms with Gasteiger partial charge < -0.3 is 10.6 Å². The first kappa shape index (κ1) is 17.0. The van der Waals surface area contributed by atoms with Crippen LogP contribution >= 0.6 is 11.6 Å². The fraction of sp³-hybridized carbons (Fsp3) is 0.176. The number of amides is 2. The molecule has 0 aliphatic rings. The molecule has 2 aromatic carbocycles. The number of benzene rings is 2. The minimum absolute atomic E-state index is 0.126. The van der Waals surface area contributed by atoms with Gasteiger partial charge in [-0.3, -0.25) is 9.59 Å². The van der Waals surface area contributed by atoms with Crippen LogP contribution in [-0.2, 0) is 22.6 Å². The molecule has 0 heterocycles. The van der Waals surface area contributed by atoms with E-state index in [1.54, 1.807) is 0 Å². The summed E-state index contributed by atoms with van der Waals surface area (Å²) in [6.45, 7) is 2.31. The van der Waals surface area contributed by atoms with Crippen molar-refractivity contribution in [2.75, 3.05) is 5.32 Å². The van der Waals surface area contributed by atoms with Crippen molar-refractivity contribution in [1.82, 2.24) is 5.32 Å². The van der Waals surface area contributed by atoms with E-state index in [1.165, 1.54) is 17.7 Å². The summed E-state index contributed by atoms with van der Waals surface area (Å²) in [5.41, 5.74) is 2.35. The molecule has 0 aliphatic carbocycles. The maximum Gasteiger partial charge on any atom is 0.313 e. The Labute approximate surface area is 138 Å². The molecule has 0 fully saturated rings. The third-order valence-electron chi connectivity index (χ3n) is 3.27. The molecule has 0 spiro atoms. The Balaban J connectivity index is 1.89. The lowest BCUT2D eigenvalue weighted by Gasteiger charge is -2.07. The summed E-state index contributed by atoms with van der Waals surface area (Å²) in [7, 11) is 0. The molecule has 0 saturated heterocycles. The van der Waals surface area contributed by atoms with E-state index in [4.69, 9.17) is 11.6 Å². The van der Waals surface area contributed by atoms with E-state index in [9.17, 15) is 14.0 Å². The smallest absolute Gasteiger partial charge is 0.313 e. The molecule has 2 N–H and O–H groups in total. The molecule has 0 unspecified atom stereocenters. The summed E-state index contributed by atoms with van der Waals surface area (Å²) in [5.74, 6) is -2.20. The second kappa shape index (κ2) is 7.74. The SMILES string of the molecule is CCc1ccc(CNC(=O)C(=O)Nc2ccc(F)c(Cl)c2)cc1. The van der Waals surface area contributed by atoms with Crippen LogP contribution < -0.4 is 10.6 Å². The lowest BCUT2D eigenvalue weighted by Crippen LogP contribution is -2.34. The number of hydrogen-bond donors (Lipinski definition) is 2. The molecule has 0 aliphatic heterocycles. The number of hydrogen-bond acceptors (Lipinski definition) is 2. The van der Waals surface area contributed by atoms with Crippen LogP contribution in [0.25, 0.3) is 0 Å². The fourth-order valence-corrected chi connectivity index (χ4v) is 2.10. The van der Waals surface area contributed by atoms with Crippen molar-refractivity contribution in [3.8, 4) is 0 Å². The monoisotopic (exact) mass is 334 g/mol. The number of rotatable bonds is 4. The molecule has 6 heteroatoms. The Bertz CT molecular complexity index is 717. The molecule has 0 bridgehead atoms. The van der Waals surface area contributed by atoms with Crippen molar-refractivity contribution in [3.63, 3.8) is 0 Å². The van der Waals surface area contributed by atoms with E-state index in [2.05, 4.69) is 17.6 Å². The highest BCUT2D eigenvalue weighted by Gasteiger charge is 2.14. The molecular weight excluding hydrogens is 319 g/mol. The number of carbonyl (C=O) groups excluding carboxylic acids is 2. The minimum Gasteiger partial charge on any atom is -0.344 e. The first-order valence-corrected chi connectivity index (χ1v) is 7.49. The molecule has 120 valence electrons. The van der Waals surface area contributed by atoms with Crippen molar-refractivity contribution in [3.05, 3.63) is 64.4 Å². The van der Waals surface area contributed by atoms with E-state index in [1.807, 2.05) is 24.3 Å². The maximum absolute atomic E-state index is 13.0. The Kier molecular flexibility index (Phi) is 5.71. The van der Waals surface area contributed by atoms with Gasteiger partial charge >= 0.3 is 11.8 Å². The van der Waals surface area contributed by atoms with Gasteiger partial charge in [-0.2, -0.15) is 0 Å². The van der Waals surface area contributed by atoms with Gasteiger partial charge in [-0.1, -0.05) is 42.8 Å². The zero-order valence-electron chi connectivity index (χ0n) is 12.5. The standard InChI is InChI=1S/C17H16ClFN2O2/c1-2-11-3-5-12(6-4-11)10-20-16(22)17(23)21-13-7-8-15(19)14(18)9-13/h3-9H,2,10H2,1H3,(H,20,22)(H,21,23). The van der Waals surface area contributed by atoms with Gasteiger partial charge in [0.05, 0.1) is 5.02 Å². The van der Waals surface area contributed by atoms with Crippen LogP contribution in [-0.4, -0.2) is 11.8 Å². The number of anilines is 1. The second-order valence-corrected chi connectivity index (χ2v) is 5.34. The Hall–Kier alpha value is -2.40. The normalized spacial score (nSPS) is 10.2. The zero-order chi connectivity index (χ0) is 16.8. The highest BCUT2D eigenvalue weighted by molar-refractivity contribution is 6.39. The van der Waals surface area contributed by atoms with Gasteiger partial charge in [0, 0.05) is 12.2 Å². The zero-order valence-corrected chi connectivity index (χ0v) is 13.3. The fourth-order valence-electron chi connectivity index (χ4n) is 1.92. The molecule has 2 rings (SSSR count). The average molecular weight is 335 g/mol. The van der Waals surface area contributed by atoms with E-state index in [0.29, 0.717) is 0 Å². The molecule has 23 heavy (non-hydrogen) atoms. The lowest BCUT2D eigenvalue weighted by molar-refractivity contribution is -0.136. The number of nitrogens with one attached hydrogen (secondary N) is 2. The summed E-state index contributed by atoms with van der Waals surface area (Å²) in [4.78, 5) is 23.5. The molecular formula is C17H16ClFN2O2. The Morgan fingerprint density at radius 3 is 2.30 bits per heavy atom. The van der Waals surface area contributed by atoms with Crippen LogP contribution in [0.1, 0.15) is 18.1 Å². The summed E-state index contributed by atoms with van der Waals surface area (Å²) in [6, 6.07) is 11.4. The van der Waals surface area contributed by atoms with Crippen LogP contribution in [0.15, 0.2) is 42.5 Å². The number of carbonyl (C=O) groups is 2. The second-order valence-electron chi connectivity index (χ2n) is 4.94. The van der Waals surface area contributed by atoms with Crippen LogP contribution in [0, 0.1) is 5.82 Å². The molecule has 0 saturated carbocycles. The van der Waals surface area contributed by atoms with E-state index < -0.39 is 17.6 Å². The van der Waals surface area contributed by atoms with Crippen LogP contribution in [0.4, 0.5) is 10.1 Å². The van der Waals surface area contributed by atoms with Crippen LogP contribution in [0.2, 0.25) is 5.02 Å². The van der Waals surface area contributed by atoms with Crippen molar-refractivity contribution in [2.45, 2.75) is 19.9 Å². The van der Waals surface area contributed by atoms with Gasteiger partial charge in [0.15, 0.2) is 0 Å². The van der Waals surface area contributed by atoms with E-state index in [0.717, 1.165) is 18.1 Å². The summed E-state index contributed by atoms with van der Waals surface area (Å²) < 4.78 is 13.0. The van der Waals surface area contributed by atoms with Gasteiger partial charge in [-0.05, 0) is 35.7 Å². The minimum atomic E-state index is -0.835. The van der Waals surface area contributed by atoms with Crippen molar-refractivity contribution in [2.24, 2.45) is 0 Å². The van der Waals surface area contributed by atoms with Gasteiger partial charge in [-0.25, -0.2) is 4.39 Å². The van der Waals surface area contributed by atoms with Crippen LogP contribution in [0.5, 0.6) is 0 Å². The van der Waals surface area contributed by atoms with E-state index >= 15 is 0 Å². The van der Waals surface area contributed by atoms with Gasteiger partial charge in [0.2, 0.25) is 0 Å². The lowest BCUT2D eigenvalue weighted by atomic mass is 10.1. The highest BCUT2D eigenvalue weighted by Crippen LogP contribution is 2.19. The van der Waals surface area contributed by atoms with Crippen molar-refractivity contribution >= 4 is 29.1 Å². The van der Waals surface area contributed by atoms with Crippen molar-refractivity contribution < 1.29 is 14.0 Å². The predicted molar refractivity (Wildman–Crippen MR) is 87.7 cm³/mol. The largest absolute Gasteiger partial charge is 0.344 e. The maximum atomic E-state index is 13.0. The number of halogens is 2. The summed E-state index contributed by atoms with van der Waals surface area (Å²) >= 11 is 5.62. The molecule has 2 amide bonds. The number of aryl methyl sites for hydroxylation is 1. The quantitative estimate of drug-likeness (QED) is 0.843. The summed E-state index contributed by atoms with van der Waals surface area (Å²) in [6.07, 6.45) is 0.940. The van der Waals surface area contributed by atoms with Gasteiger partial charge in [0.1, 0.15) is 5.82 Å². The first-order valence-electron chi connectivity index (χ1n) is 7.11. The molecule has 0 atom stereocenters. The first-order chi connectivity index (χ1) is 11.0. The molecule has 2 aromatic rings. The van der Waals surface area contributed by atoms with Crippen LogP contribution in [0.3, 0.4) is 0 Å². The van der Waals surface area contributed by atoms with Gasteiger partial charge in [-0.15, -0.1) is 0 Å². The molecule has 0 aromatic heterocycles. The topological polar surface area (TPSA) is 58.2 Å². The summed E-state index contributed by atoms with van der Waals surface area (Å²) in [5, 5.41) is 4.76. The van der Waals surface area contributed by atoms with E-state index in [-0.39, 0.29) is 17.3 Å². The molecule has 0 radical (unpaired) electrons. The predicted octanol–water partition coefficient (Wildman–Crippen LogP) is 3.30. The average Bonchev–Trinajstić information content (AvgIpc) is 2.56. The van der Waals surface area contributed by atoms with Gasteiger partial charge in [0.25, 0.3) is 0 Å². The van der Waals surface area contributed by atoms with Crippen molar-refractivity contribution in [1.29, 1.82) is 0 Å². The Morgan fingerprint density at radius 1 is 1.04 bits per heavy atom. The third kappa shape index (κ3) is 4.79.